The number of carbonyl (C=O) groups is 2. The van der Waals surface area contributed by atoms with Crippen LogP contribution in [0.1, 0.15) is 49.4 Å². The zero-order chi connectivity index (χ0) is 15.5. The number of rotatable bonds is 4. The number of halogens is 1. The van der Waals surface area contributed by atoms with Crippen molar-refractivity contribution in [2.24, 2.45) is 5.92 Å². The second kappa shape index (κ2) is 6.56. The van der Waals surface area contributed by atoms with Gasteiger partial charge in [0.1, 0.15) is 10.1 Å². The van der Waals surface area contributed by atoms with Crippen LogP contribution in [0.4, 0.5) is 0 Å². The first-order chi connectivity index (χ1) is 9.98. The van der Waals surface area contributed by atoms with Crippen molar-refractivity contribution < 1.29 is 14.7 Å². The highest BCUT2D eigenvalue weighted by atomic mass is 79.9. The summed E-state index contributed by atoms with van der Waals surface area (Å²) in [5, 5.41) is 12.3. The maximum absolute atomic E-state index is 12.4. The Bertz CT molecular complexity index is 539. The molecular weight excluding hydrogens is 336 g/mol. The Hall–Kier alpha value is -1.43. The highest BCUT2D eigenvalue weighted by Gasteiger charge is 2.43. The number of hydrogen-bond acceptors (Lipinski definition) is 3. The fourth-order valence-corrected chi connectivity index (χ4v) is 3.24. The molecule has 21 heavy (non-hydrogen) atoms. The Kier molecular flexibility index (Phi) is 4.98. The topological polar surface area (TPSA) is 79.3 Å². The highest BCUT2D eigenvalue weighted by molar-refractivity contribution is 9.10. The molecule has 0 bridgehead atoms. The van der Waals surface area contributed by atoms with E-state index in [2.05, 4.69) is 33.2 Å². The van der Waals surface area contributed by atoms with Crippen LogP contribution in [0.3, 0.4) is 0 Å². The van der Waals surface area contributed by atoms with Crippen molar-refractivity contribution in [1.29, 1.82) is 0 Å². The average molecular weight is 355 g/mol. The van der Waals surface area contributed by atoms with Crippen molar-refractivity contribution in [1.82, 2.24) is 10.3 Å². The van der Waals surface area contributed by atoms with E-state index in [0.717, 1.165) is 19.3 Å². The van der Waals surface area contributed by atoms with Gasteiger partial charge >= 0.3 is 5.97 Å². The number of carboxylic acid groups (broad SMARTS) is 1. The van der Waals surface area contributed by atoms with E-state index in [0.29, 0.717) is 28.9 Å². The van der Waals surface area contributed by atoms with Crippen LogP contribution in [0.25, 0.3) is 0 Å². The average Bonchev–Trinajstić information content (AvgIpc) is 2.48. The number of amides is 1. The molecule has 0 atom stereocenters. The number of pyridine rings is 1. The molecule has 6 heteroatoms. The summed E-state index contributed by atoms with van der Waals surface area (Å²) in [6, 6.07) is 3.28. The standard InChI is InChI=1S/C15H19BrN2O3/c1-2-10-5-7-15(8-6-10,14(20)21)18-13(19)11-4-3-9-17-12(11)16/h3-4,9-10H,2,5-8H2,1H3,(H,18,19)(H,20,21). The van der Waals surface area contributed by atoms with Gasteiger partial charge in [-0.05, 0) is 59.7 Å². The SMILES string of the molecule is CCC1CCC(NC(=O)c2cccnc2Br)(C(=O)O)CC1. The summed E-state index contributed by atoms with van der Waals surface area (Å²) in [6.45, 7) is 2.11. The molecule has 0 aromatic carbocycles. The molecule has 1 aliphatic carbocycles. The van der Waals surface area contributed by atoms with E-state index >= 15 is 0 Å². The van der Waals surface area contributed by atoms with Gasteiger partial charge in [-0.25, -0.2) is 9.78 Å². The summed E-state index contributed by atoms with van der Waals surface area (Å²) in [6.07, 6.45) is 5.24. The lowest BCUT2D eigenvalue weighted by Gasteiger charge is -2.37. The van der Waals surface area contributed by atoms with Crippen LogP contribution < -0.4 is 5.32 Å². The van der Waals surface area contributed by atoms with Gasteiger partial charge in [-0.1, -0.05) is 13.3 Å². The largest absolute Gasteiger partial charge is 0.480 e. The van der Waals surface area contributed by atoms with Gasteiger partial charge < -0.3 is 10.4 Å². The number of nitrogens with one attached hydrogen (secondary N) is 1. The molecule has 114 valence electrons. The Labute approximate surface area is 132 Å². The molecule has 1 aromatic rings. The van der Waals surface area contributed by atoms with Crippen molar-refractivity contribution in [3.05, 3.63) is 28.5 Å². The van der Waals surface area contributed by atoms with Crippen LogP contribution in [0.2, 0.25) is 0 Å². The Morgan fingerprint density at radius 1 is 1.48 bits per heavy atom. The summed E-state index contributed by atoms with van der Waals surface area (Å²) >= 11 is 3.22. The monoisotopic (exact) mass is 354 g/mol. The first-order valence-corrected chi connectivity index (χ1v) is 7.94. The van der Waals surface area contributed by atoms with E-state index in [9.17, 15) is 14.7 Å². The van der Waals surface area contributed by atoms with Gasteiger partial charge in [0.15, 0.2) is 0 Å². The van der Waals surface area contributed by atoms with Crippen LogP contribution in [-0.2, 0) is 4.79 Å². The van der Waals surface area contributed by atoms with Crippen LogP contribution in [0.15, 0.2) is 22.9 Å². The van der Waals surface area contributed by atoms with Crippen LogP contribution in [0.5, 0.6) is 0 Å². The predicted octanol–water partition coefficient (Wildman–Crippen LogP) is 3.00. The minimum absolute atomic E-state index is 0.357. The van der Waals surface area contributed by atoms with E-state index in [1.807, 2.05) is 0 Å². The van der Waals surface area contributed by atoms with Crippen LogP contribution in [-0.4, -0.2) is 27.5 Å². The minimum atomic E-state index is -1.15. The fourth-order valence-electron chi connectivity index (χ4n) is 2.81. The van der Waals surface area contributed by atoms with E-state index in [-0.39, 0.29) is 0 Å². The zero-order valence-corrected chi connectivity index (χ0v) is 13.5. The molecule has 1 heterocycles. The van der Waals surface area contributed by atoms with Gasteiger partial charge in [0.25, 0.3) is 5.91 Å². The van der Waals surface area contributed by atoms with Crippen LogP contribution >= 0.6 is 15.9 Å². The first-order valence-electron chi connectivity index (χ1n) is 7.15. The maximum atomic E-state index is 12.4. The van der Waals surface area contributed by atoms with Gasteiger partial charge in [-0.3, -0.25) is 4.79 Å². The number of aromatic nitrogens is 1. The normalized spacial score (nSPS) is 25.3. The van der Waals surface area contributed by atoms with E-state index in [4.69, 9.17) is 0 Å². The van der Waals surface area contributed by atoms with Gasteiger partial charge in [-0.15, -0.1) is 0 Å². The molecule has 0 saturated heterocycles. The number of carboxylic acids is 1. The molecule has 0 radical (unpaired) electrons. The smallest absolute Gasteiger partial charge is 0.329 e. The lowest BCUT2D eigenvalue weighted by molar-refractivity contribution is -0.146. The second-order valence-electron chi connectivity index (χ2n) is 5.53. The molecule has 1 aromatic heterocycles. The van der Waals surface area contributed by atoms with Crippen molar-refractivity contribution in [2.45, 2.75) is 44.6 Å². The van der Waals surface area contributed by atoms with Gasteiger partial charge in [0.2, 0.25) is 0 Å². The summed E-state index contributed by atoms with van der Waals surface area (Å²) in [5.41, 5.74) is -0.798. The van der Waals surface area contributed by atoms with Gasteiger partial charge in [0.05, 0.1) is 5.56 Å². The van der Waals surface area contributed by atoms with Crippen molar-refractivity contribution in [3.63, 3.8) is 0 Å². The lowest BCUT2D eigenvalue weighted by Crippen LogP contribution is -2.56. The van der Waals surface area contributed by atoms with Crippen molar-refractivity contribution in [3.8, 4) is 0 Å². The summed E-state index contributed by atoms with van der Waals surface area (Å²) in [4.78, 5) is 28.0. The van der Waals surface area contributed by atoms with E-state index in [1.54, 1.807) is 18.3 Å². The van der Waals surface area contributed by atoms with Gasteiger partial charge in [0, 0.05) is 6.20 Å². The van der Waals surface area contributed by atoms with Crippen molar-refractivity contribution >= 4 is 27.8 Å². The Morgan fingerprint density at radius 2 is 2.14 bits per heavy atom. The fraction of sp³-hybridized carbons (Fsp3) is 0.533. The summed E-state index contributed by atoms with van der Waals surface area (Å²) in [7, 11) is 0. The maximum Gasteiger partial charge on any atom is 0.329 e. The third-order valence-corrected chi connectivity index (χ3v) is 4.93. The molecule has 0 unspecified atom stereocenters. The number of aliphatic carboxylic acids is 1. The van der Waals surface area contributed by atoms with Crippen LogP contribution in [0, 0.1) is 5.92 Å². The molecule has 2 rings (SSSR count). The summed E-state index contributed by atoms with van der Waals surface area (Å²) in [5.74, 6) is -0.794. The molecule has 0 aliphatic heterocycles. The molecule has 1 fully saturated rings. The minimum Gasteiger partial charge on any atom is -0.480 e. The molecule has 1 saturated carbocycles. The molecule has 1 amide bonds. The molecule has 2 N–H and O–H groups in total. The third-order valence-electron chi connectivity index (χ3n) is 4.30. The van der Waals surface area contributed by atoms with Crippen molar-refractivity contribution in [2.75, 3.05) is 0 Å². The quantitative estimate of drug-likeness (QED) is 0.814. The second-order valence-corrected chi connectivity index (χ2v) is 6.29. The van der Waals surface area contributed by atoms with E-state index in [1.165, 1.54) is 0 Å². The molecular formula is C15H19BrN2O3. The number of nitrogens with zero attached hydrogens (tertiary/aromatic N) is 1. The highest BCUT2D eigenvalue weighted by Crippen LogP contribution is 2.34. The van der Waals surface area contributed by atoms with E-state index < -0.39 is 17.4 Å². The summed E-state index contributed by atoms with van der Waals surface area (Å²) < 4.78 is 0.422. The molecule has 0 spiro atoms. The zero-order valence-electron chi connectivity index (χ0n) is 11.9. The third kappa shape index (κ3) is 3.43. The Balaban J connectivity index is 2.16. The molecule has 1 aliphatic rings. The lowest BCUT2D eigenvalue weighted by atomic mass is 9.75. The molecule has 5 nitrogen and oxygen atoms in total. The predicted molar refractivity (Wildman–Crippen MR) is 82.0 cm³/mol. The Morgan fingerprint density at radius 3 is 2.67 bits per heavy atom. The number of hydrogen-bond donors (Lipinski definition) is 2. The first kappa shape index (κ1) is 15.9. The number of carbonyl (C=O) groups excluding carboxylic acids is 1. The van der Waals surface area contributed by atoms with Gasteiger partial charge in [-0.2, -0.15) is 0 Å².